The Morgan fingerprint density at radius 2 is 2.24 bits per heavy atom. The number of aryl methyl sites for hydroxylation is 1. The van der Waals surface area contributed by atoms with Crippen molar-refractivity contribution in [3.05, 3.63) is 51.7 Å². The number of amides is 1. The fraction of sp³-hybridized carbons (Fsp3) is 0.312. The molecular formula is C16H19NO3S. The highest BCUT2D eigenvalue weighted by atomic mass is 32.1. The van der Waals surface area contributed by atoms with Gasteiger partial charge in [0.1, 0.15) is 11.9 Å². The number of carbonyl (C=O) groups excluding carboxylic acids is 1. The highest BCUT2D eigenvalue weighted by Gasteiger charge is 2.13. The number of nitrogens with one attached hydrogen (secondary N) is 1. The first kappa shape index (κ1) is 15.5. The molecule has 4 nitrogen and oxygen atoms in total. The van der Waals surface area contributed by atoms with Gasteiger partial charge in [-0.1, -0.05) is 12.1 Å². The van der Waals surface area contributed by atoms with E-state index in [0.717, 1.165) is 21.8 Å². The Balaban J connectivity index is 1.86. The van der Waals surface area contributed by atoms with Gasteiger partial charge >= 0.3 is 0 Å². The number of ether oxygens (including phenoxy) is 1. The van der Waals surface area contributed by atoms with Gasteiger partial charge in [0.2, 0.25) is 5.91 Å². The van der Waals surface area contributed by atoms with E-state index < -0.39 is 6.10 Å². The highest BCUT2D eigenvalue weighted by molar-refractivity contribution is 7.10. The van der Waals surface area contributed by atoms with E-state index >= 15 is 0 Å². The van der Waals surface area contributed by atoms with E-state index in [0.29, 0.717) is 0 Å². The van der Waals surface area contributed by atoms with Crippen LogP contribution < -0.4 is 10.1 Å². The molecule has 0 aliphatic carbocycles. The number of benzene rings is 1. The van der Waals surface area contributed by atoms with E-state index in [4.69, 9.17) is 4.74 Å². The van der Waals surface area contributed by atoms with Crippen molar-refractivity contribution in [1.29, 1.82) is 0 Å². The average molecular weight is 305 g/mol. The summed E-state index contributed by atoms with van der Waals surface area (Å²) in [6.07, 6.45) is -0.382. The number of methoxy groups -OCH3 is 1. The first-order valence-electron chi connectivity index (χ1n) is 6.72. The normalized spacial score (nSPS) is 12.0. The number of hydrogen-bond donors (Lipinski definition) is 2. The molecular weight excluding hydrogens is 286 g/mol. The van der Waals surface area contributed by atoms with Crippen LogP contribution in [0, 0.1) is 6.92 Å². The van der Waals surface area contributed by atoms with Crippen LogP contribution in [0.5, 0.6) is 5.75 Å². The van der Waals surface area contributed by atoms with Crippen LogP contribution in [0.15, 0.2) is 35.7 Å². The van der Waals surface area contributed by atoms with Gasteiger partial charge in [0, 0.05) is 11.4 Å². The second-order valence-electron chi connectivity index (χ2n) is 4.82. The molecule has 5 heteroatoms. The molecule has 0 aliphatic rings. The van der Waals surface area contributed by atoms with Crippen molar-refractivity contribution >= 4 is 17.2 Å². The van der Waals surface area contributed by atoms with Crippen LogP contribution in [0.2, 0.25) is 0 Å². The molecule has 1 amide bonds. The molecule has 0 saturated carbocycles. The summed E-state index contributed by atoms with van der Waals surface area (Å²) in [7, 11) is 1.60. The molecule has 0 saturated heterocycles. The van der Waals surface area contributed by atoms with E-state index in [1.54, 1.807) is 7.11 Å². The van der Waals surface area contributed by atoms with Crippen LogP contribution in [0.1, 0.15) is 22.1 Å². The van der Waals surface area contributed by atoms with Gasteiger partial charge in [0.25, 0.3) is 0 Å². The second-order valence-corrected chi connectivity index (χ2v) is 5.76. The Hall–Kier alpha value is -1.85. The molecule has 1 heterocycles. The molecule has 2 aromatic rings. The smallest absolute Gasteiger partial charge is 0.224 e. The van der Waals surface area contributed by atoms with Crippen molar-refractivity contribution in [2.75, 3.05) is 13.7 Å². The number of hydrogen-bond acceptors (Lipinski definition) is 4. The van der Waals surface area contributed by atoms with E-state index in [-0.39, 0.29) is 18.9 Å². The molecule has 0 spiro atoms. The lowest BCUT2D eigenvalue weighted by Gasteiger charge is -2.12. The standard InChI is InChI=1S/C16H19NO3S/c1-11-6-7-21-16(11)14(18)10-17-15(19)9-12-4-3-5-13(8-12)20-2/h3-8,14,18H,9-10H2,1-2H3,(H,17,19). The van der Waals surface area contributed by atoms with Crippen molar-refractivity contribution in [3.63, 3.8) is 0 Å². The van der Waals surface area contributed by atoms with Gasteiger partial charge in [0.05, 0.1) is 13.5 Å². The van der Waals surface area contributed by atoms with Crippen molar-refractivity contribution in [3.8, 4) is 5.75 Å². The van der Waals surface area contributed by atoms with Crippen molar-refractivity contribution in [2.24, 2.45) is 0 Å². The molecule has 0 fully saturated rings. The minimum absolute atomic E-state index is 0.114. The maximum Gasteiger partial charge on any atom is 0.224 e. The zero-order chi connectivity index (χ0) is 15.2. The number of rotatable bonds is 6. The third-order valence-corrected chi connectivity index (χ3v) is 4.32. The van der Waals surface area contributed by atoms with Gasteiger partial charge in [-0.25, -0.2) is 0 Å². The van der Waals surface area contributed by atoms with Crippen LogP contribution >= 0.6 is 11.3 Å². The molecule has 1 unspecified atom stereocenters. The van der Waals surface area contributed by atoms with Crippen molar-refractivity contribution in [1.82, 2.24) is 5.32 Å². The van der Waals surface area contributed by atoms with E-state index in [1.807, 2.05) is 42.6 Å². The summed E-state index contributed by atoms with van der Waals surface area (Å²) in [5.74, 6) is 0.617. The first-order valence-corrected chi connectivity index (χ1v) is 7.60. The van der Waals surface area contributed by atoms with Gasteiger partial charge in [-0.05, 0) is 41.6 Å². The topological polar surface area (TPSA) is 58.6 Å². The molecule has 1 aromatic heterocycles. The lowest BCUT2D eigenvalue weighted by Crippen LogP contribution is -2.29. The number of thiophene rings is 1. The second kappa shape index (κ2) is 7.24. The Bertz CT molecular complexity index is 609. The Labute approximate surface area is 128 Å². The zero-order valence-corrected chi connectivity index (χ0v) is 12.9. The molecule has 0 aliphatic heterocycles. The molecule has 0 bridgehead atoms. The summed E-state index contributed by atoms with van der Waals surface area (Å²) in [6, 6.07) is 9.36. The van der Waals surface area contributed by atoms with Crippen molar-refractivity contribution < 1.29 is 14.6 Å². The van der Waals surface area contributed by atoms with Gasteiger partial charge < -0.3 is 15.2 Å². The van der Waals surface area contributed by atoms with Gasteiger partial charge in [-0.3, -0.25) is 4.79 Å². The minimum Gasteiger partial charge on any atom is -0.497 e. The van der Waals surface area contributed by atoms with Gasteiger partial charge in [-0.15, -0.1) is 11.3 Å². The number of aliphatic hydroxyl groups excluding tert-OH is 1. The molecule has 112 valence electrons. The Kier molecular flexibility index (Phi) is 5.36. The third kappa shape index (κ3) is 4.31. The molecule has 2 rings (SSSR count). The molecule has 21 heavy (non-hydrogen) atoms. The predicted molar refractivity (Wildman–Crippen MR) is 83.7 cm³/mol. The SMILES string of the molecule is COc1cccc(CC(=O)NCC(O)c2sccc2C)c1. The molecule has 1 atom stereocenters. The predicted octanol–water partition coefficient (Wildman–Crippen LogP) is 2.46. The molecule has 2 N–H and O–H groups in total. The summed E-state index contributed by atoms with van der Waals surface area (Å²) < 4.78 is 5.13. The summed E-state index contributed by atoms with van der Waals surface area (Å²) in [5.41, 5.74) is 1.93. The largest absolute Gasteiger partial charge is 0.497 e. The summed E-state index contributed by atoms with van der Waals surface area (Å²) in [6.45, 7) is 2.18. The maximum atomic E-state index is 11.9. The van der Waals surface area contributed by atoms with Crippen LogP contribution in [0.4, 0.5) is 0 Å². The quantitative estimate of drug-likeness (QED) is 0.862. The average Bonchev–Trinajstić information content (AvgIpc) is 2.91. The van der Waals surface area contributed by atoms with E-state index in [1.165, 1.54) is 11.3 Å². The number of aliphatic hydroxyl groups is 1. The Morgan fingerprint density at radius 1 is 1.43 bits per heavy atom. The first-order chi connectivity index (χ1) is 10.1. The van der Waals surface area contributed by atoms with Crippen LogP contribution in [0.3, 0.4) is 0 Å². The fourth-order valence-electron chi connectivity index (χ4n) is 2.06. The molecule has 1 aromatic carbocycles. The maximum absolute atomic E-state index is 11.9. The monoisotopic (exact) mass is 305 g/mol. The number of carbonyl (C=O) groups is 1. The lowest BCUT2D eigenvalue weighted by molar-refractivity contribution is -0.120. The fourth-order valence-corrected chi connectivity index (χ4v) is 2.97. The third-order valence-electron chi connectivity index (χ3n) is 3.20. The van der Waals surface area contributed by atoms with E-state index in [9.17, 15) is 9.90 Å². The Morgan fingerprint density at radius 3 is 2.90 bits per heavy atom. The summed E-state index contributed by atoms with van der Waals surface area (Å²) in [4.78, 5) is 12.8. The molecule has 0 radical (unpaired) electrons. The summed E-state index contributed by atoms with van der Waals surface area (Å²) >= 11 is 1.50. The van der Waals surface area contributed by atoms with Gasteiger partial charge in [-0.2, -0.15) is 0 Å². The lowest BCUT2D eigenvalue weighted by atomic mass is 10.1. The van der Waals surface area contributed by atoms with Crippen molar-refractivity contribution in [2.45, 2.75) is 19.4 Å². The van der Waals surface area contributed by atoms with Gasteiger partial charge in [0.15, 0.2) is 0 Å². The zero-order valence-electron chi connectivity index (χ0n) is 12.1. The van der Waals surface area contributed by atoms with Crippen LogP contribution in [-0.4, -0.2) is 24.7 Å². The summed E-state index contributed by atoms with van der Waals surface area (Å²) in [5, 5.41) is 14.8. The van der Waals surface area contributed by atoms with Crippen LogP contribution in [-0.2, 0) is 11.2 Å². The highest BCUT2D eigenvalue weighted by Crippen LogP contribution is 2.23. The van der Waals surface area contributed by atoms with E-state index in [2.05, 4.69) is 5.32 Å². The van der Waals surface area contributed by atoms with Crippen LogP contribution in [0.25, 0.3) is 0 Å². The minimum atomic E-state index is -0.653.